The zero-order chi connectivity index (χ0) is 13.8. The molecule has 0 aliphatic carbocycles. The summed E-state index contributed by atoms with van der Waals surface area (Å²) in [5.74, 6) is -0.746. The number of aliphatic carboxylic acids is 1. The maximum Gasteiger partial charge on any atom is 0.304 e. The number of aromatic nitrogens is 1. The van der Waals surface area contributed by atoms with Gasteiger partial charge < -0.3 is 10.1 Å². The van der Waals surface area contributed by atoms with Crippen LogP contribution in [-0.4, -0.2) is 33.5 Å². The van der Waals surface area contributed by atoms with Crippen LogP contribution in [0.4, 0.5) is 0 Å². The van der Waals surface area contributed by atoms with Crippen LogP contribution in [0.3, 0.4) is 0 Å². The highest BCUT2D eigenvalue weighted by molar-refractivity contribution is 5.82. The Hall–Kier alpha value is -1.81. The molecule has 102 valence electrons. The van der Waals surface area contributed by atoms with Gasteiger partial charge in [-0.2, -0.15) is 0 Å². The SMILES string of the molecule is CC(C)N(CCC(=O)O)Cc1c[nH]c2ccccc12. The Bertz CT molecular complexity index is 560. The number of hydrogen-bond acceptors (Lipinski definition) is 2. The maximum absolute atomic E-state index is 10.7. The minimum Gasteiger partial charge on any atom is -0.481 e. The van der Waals surface area contributed by atoms with Crippen molar-refractivity contribution in [2.24, 2.45) is 0 Å². The van der Waals surface area contributed by atoms with Gasteiger partial charge in [0, 0.05) is 36.2 Å². The van der Waals surface area contributed by atoms with Crippen LogP contribution in [0.2, 0.25) is 0 Å². The van der Waals surface area contributed by atoms with Crippen molar-refractivity contribution in [1.29, 1.82) is 0 Å². The number of rotatable bonds is 6. The highest BCUT2D eigenvalue weighted by Crippen LogP contribution is 2.20. The van der Waals surface area contributed by atoms with Crippen molar-refractivity contribution >= 4 is 16.9 Å². The summed E-state index contributed by atoms with van der Waals surface area (Å²) < 4.78 is 0. The van der Waals surface area contributed by atoms with Crippen molar-refractivity contribution in [3.63, 3.8) is 0 Å². The number of aromatic amines is 1. The van der Waals surface area contributed by atoms with Crippen molar-refractivity contribution in [1.82, 2.24) is 9.88 Å². The van der Waals surface area contributed by atoms with Crippen molar-refractivity contribution in [3.8, 4) is 0 Å². The predicted molar refractivity (Wildman–Crippen MR) is 76.1 cm³/mol. The molecular weight excluding hydrogens is 240 g/mol. The van der Waals surface area contributed by atoms with Gasteiger partial charge in [0.05, 0.1) is 6.42 Å². The van der Waals surface area contributed by atoms with E-state index in [1.54, 1.807) is 0 Å². The third-order valence-corrected chi connectivity index (χ3v) is 3.39. The smallest absolute Gasteiger partial charge is 0.304 e. The zero-order valence-corrected chi connectivity index (χ0v) is 11.4. The van der Waals surface area contributed by atoms with Gasteiger partial charge in [-0.25, -0.2) is 0 Å². The number of nitrogens with zero attached hydrogens (tertiary/aromatic N) is 1. The maximum atomic E-state index is 10.7. The topological polar surface area (TPSA) is 56.3 Å². The number of carbonyl (C=O) groups is 1. The fourth-order valence-corrected chi connectivity index (χ4v) is 2.24. The third kappa shape index (κ3) is 3.35. The molecule has 0 amide bonds. The van der Waals surface area contributed by atoms with Crippen LogP contribution in [0.25, 0.3) is 10.9 Å². The standard InChI is InChI=1S/C15H20N2O2/c1-11(2)17(8-7-15(18)19)10-12-9-16-14-6-4-3-5-13(12)14/h3-6,9,11,16H,7-8,10H2,1-2H3,(H,18,19). The van der Waals surface area contributed by atoms with Crippen LogP contribution in [0.15, 0.2) is 30.5 Å². The summed E-state index contributed by atoms with van der Waals surface area (Å²) in [5.41, 5.74) is 2.34. The van der Waals surface area contributed by atoms with Crippen molar-refractivity contribution in [2.75, 3.05) is 6.54 Å². The zero-order valence-electron chi connectivity index (χ0n) is 11.4. The predicted octanol–water partition coefficient (Wildman–Crippen LogP) is 2.85. The lowest BCUT2D eigenvalue weighted by Gasteiger charge is -2.25. The number of para-hydroxylation sites is 1. The Morgan fingerprint density at radius 2 is 2.11 bits per heavy atom. The molecule has 1 heterocycles. The Morgan fingerprint density at radius 3 is 2.79 bits per heavy atom. The van der Waals surface area contributed by atoms with E-state index in [9.17, 15) is 4.79 Å². The van der Waals surface area contributed by atoms with Crippen LogP contribution in [0.1, 0.15) is 25.8 Å². The number of carboxylic acid groups (broad SMARTS) is 1. The average molecular weight is 260 g/mol. The minimum absolute atomic E-state index is 0.181. The molecule has 4 nitrogen and oxygen atoms in total. The van der Waals surface area contributed by atoms with Gasteiger partial charge in [-0.05, 0) is 25.5 Å². The molecule has 0 atom stereocenters. The molecule has 4 heteroatoms. The largest absolute Gasteiger partial charge is 0.481 e. The molecule has 0 aliphatic rings. The molecule has 0 aliphatic heterocycles. The summed E-state index contributed by atoms with van der Waals surface area (Å²) in [6, 6.07) is 8.50. The summed E-state index contributed by atoms with van der Waals surface area (Å²) >= 11 is 0. The van der Waals surface area contributed by atoms with Gasteiger partial charge in [0.2, 0.25) is 0 Å². The number of carboxylic acids is 1. The van der Waals surface area contributed by atoms with Crippen molar-refractivity contribution in [3.05, 3.63) is 36.0 Å². The first-order valence-electron chi connectivity index (χ1n) is 6.58. The van der Waals surface area contributed by atoms with Gasteiger partial charge in [0.1, 0.15) is 0 Å². The Balaban J connectivity index is 2.14. The summed E-state index contributed by atoms with van der Waals surface area (Å²) in [6.45, 7) is 5.54. The van der Waals surface area contributed by atoms with Crippen molar-refractivity contribution < 1.29 is 9.90 Å². The second-order valence-corrected chi connectivity index (χ2v) is 5.07. The van der Waals surface area contributed by atoms with Gasteiger partial charge in [-0.1, -0.05) is 18.2 Å². The molecular formula is C15H20N2O2. The van der Waals surface area contributed by atoms with E-state index in [1.807, 2.05) is 18.3 Å². The molecule has 0 saturated heterocycles. The number of benzene rings is 1. The molecule has 0 saturated carbocycles. The molecule has 19 heavy (non-hydrogen) atoms. The van der Waals surface area contributed by atoms with Crippen LogP contribution < -0.4 is 0 Å². The Kier molecular flexibility index (Phi) is 4.22. The van der Waals surface area contributed by atoms with Crippen LogP contribution in [0.5, 0.6) is 0 Å². The van der Waals surface area contributed by atoms with E-state index in [0.717, 1.165) is 12.1 Å². The van der Waals surface area contributed by atoms with Gasteiger partial charge in [0.25, 0.3) is 0 Å². The summed E-state index contributed by atoms with van der Waals surface area (Å²) in [7, 11) is 0. The van der Waals surface area contributed by atoms with Crippen molar-refractivity contribution in [2.45, 2.75) is 32.9 Å². The van der Waals surface area contributed by atoms with E-state index >= 15 is 0 Å². The lowest BCUT2D eigenvalue weighted by atomic mass is 10.1. The van der Waals surface area contributed by atoms with E-state index in [4.69, 9.17) is 5.11 Å². The summed E-state index contributed by atoms with van der Waals surface area (Å²) in [6.07, 6.45) is 2.20. The van der Waals surface area contributed by atoms with Crippen LogP contribution in [0, 0.1) is 0 Å². The molecule has 1 aromatic heterocycles. The minimum atomic E-state index is -0.746. The fourth-order valence-electron chi connectivity index (χ4n) is 2.24. The number of H-pyrrole nitrogens is 1. The van der Waals surface area contributed by atoms with Crippen LogP contribution >= 0.6 is 0 Å². The number of nitrogens with one attached hydrogen (secondary N) is 1. The highest BCUT2D eigenvalue weighted by Gasteiger charge is 2.13. The van der Waals surface area contributed by atoms with E-state index in [-0.39, 0.29) is 6.42 Å². The molecule has 0 bridgehead atoms. The Labute approximate surface area is 113 Å². The third-order valence-electron chi connectivity index (χ3n) is 3.39. The average Bonchev–Trinajstić information content (AvgIpc) is 2.77. The highest BCUT2D eigenvalue weighted by atomic mass is 16.4. The normalized spacial score (nSPS) is 11.6. The first-order chi connectivity index (χ1) is 9.08. The summed E-state index contributed by atoms with van der Waals surface area (Å²) in [4.78, 5) is 16.1. The molecule has 1 aromatic carbocycles. The molecule has 0 spiro atoms. The molecule has 2 rings (SSSR count). The quantitative estimate of drug-likeness (QED) is 0.839. The van der Waals surface area contributed by atoms with Gasteiger partial charge in [-0.15, -0.1) is 0 Å². The van der Waals surface area contributed by atoms with E-state index in [1.165, 1.54) is 10.9 Å². The van der Waals surface area contributed by atoms with Crippen LogP contribution in [-0.2, 0) is 11.3 Å². The van der Waals surface area contributed by atoms with E-state index in [2.05, 4.69) is 35.9 Å². The van der Waals surface area contributed by atoms with Gasteiger partial charge in [0.15, 0.2) is 0 Å². The second kappa shape index (κ2) is 5.89. The number of fused-ring (bicyclic) bond motifs is 1. The first kappa shape index (κ1) is 13.6. The monoisotopic (exact) mass is 260 g/mol. The van der Waals surface area contributed by atoms with E-state index in [0.29, 0.717) is 12.6 Å². The van der Waals surface area contributed by atoms with Gasteiger partial charge in [-0.3, -0.25) is 9.69 Å². The number of hydrogen-bond donors (Lipinski definition) is 2. The van der Waals surface area contributed by atoms with Gasteiger partial charge >= 0.3 is 5.97 Å². The fraction of sp³-hybridized carbons (Fsp3) is 0.400. The lowest BCUT2D eigenvalue weighted by Crippen LogP contribution is -2.32. The first-order valence-corrected chi connectivity index (χ1v) is 6.58. The lowest BCUT2D eigenvalue weighted by molar-refractivity contribution is -0.137. The molecule has 0 unspecified atom stereocenters. The molecule has 0 radical (unpaired) electrons. The second-order valence-electron chi connectivity index (χ2n) is 5.07. The Morgan fingerprint density at radius 1 is 1.37 bits per heavy atom. The molecule has 2 N–H and O–H groups in total. The van der Waals surface area contributed by atoms with E-state index < -0.39 is 5.97 Å². The summed E-state index contributed by atoms with van der Waals surface area (Å²) in [5, 5.41) is 10.0. The molecule has 2 aromatic rings. The molecule has 0 fully saturated rings.